The van der Waals surface area contributed by atoms with Crippen molar-refractivity contribution in [1.82, 2.24) is 5.01 Å². The van der Waals surface area contributed by atoms with E-state index >= 15 is 0 Å². The standard InChI is InChI=1S/C18H17ClN2O4/c1-24-13-7-12(19)6-11(16(13)25-2)8-20-21-17(22)14-9-3-4-10(5-9)15(14)18(21)23/h3-4,6-10,14-15H,5H2,1-2H3. The summed E-state index contributed by atoms with van der Waals surface area (Å²) < 4.78 is 10.6. The van der Waals surface area contributed by atoms with Gasteiger partial charge >= 0.3 is 0 Å². The third kappa shape index (κ3) is 2.35. The largest absolute Gasteiger partial charge is 0.493 e. The summed E-state index contributed by atoms with van der Waals surface area (Å²) in [5, 5.41) is 5.58. The highest BCUT2D eigenvalue weighted by molar-refractivity contribution is 6.31. The number of benzene rings is 1. The zero-order chi connectivity index (χ0) is 17.7. The Labute approximate surface area is 150 Å². The van der Waals surface area contributed by atoms with Crippen LogP contribution < -0.4 is 9.47 Å². The molecule has 0 spiro atoms. The van der Waals surface area contributed by atoms with Gasteiger partial charge in [-0.2, -0.15) is 10.1 Å². The third-order valence-electron chi connectivity index (χ3n) is 5.23. The maximum absolute atomic E-state index is 12.6. The van der Waals surface area contributed by atoms with Crippen molar-refractivity contribution < 1.29 is 19.1 Å². The van der Waals surface area contributed by atoms with Crippen molar-refractivity contribution in [1.29, 1.82) is 0 Å². The number of rotatable bonds is 4. The normalized spacial score (nSPS) is 29.8. The Hall–Kier alpha value is -2.34. The Bertz CT molecular complexity index is 790. The fourth-order valence-electron chi connectivity index (χ4n) is 4.18. The van der Waals surface area contributed by atoms with E-state index in [0.717, 1.165) is 11.4 Å². The Morgan fingerprint density at radius 2 is 1.76 bits per heavy atom. The van der Waals surface area contributed by atoms with E-state index in [2.05, 4.69) is 17.3 Å². The molecule has 25 heavy (non-hydrogen) atoms. The Morgan fingerprint density at radius 3 is 2.32 bits per heavy atom. The highest BCUT2D eigenvalue weighted by Crippen LogP contribution is 2.52. The van der Waals surface area contributed by atoms with E-state index in [1.54, 1.807) is 12.1 Å². The molecule has 1 aromatic rings. The molecule has 1 saturated heterocycles. The minimum absolute atomic E-state index is 0.160. The summed E-state index contributed by atoms with van der Waals surface area (Å²) in [5.41, 5.74) is 0.533. The number of halogens is 1. The smallest absolute Gasteiger partial charge is 0.254 e. The van der Waals surface area contributed by atoms with Crippen LogP contribution in [0.3, 0.4) is 0 Å². The first kappa shape index (κ1) is 16.1. The van der Waals surface area contributed by atoms with Crippen molar-refractivity contribution in [3.8, 4) is 11.5 Å². The van der Waals surface area contributed by atoms with Crippen LogP contribution in [0.1, 0.15) is 12.0 Å². The fraction of sp³-hybridized carbons (Fsp3) is 0.389. The molecule has 6 nitrogen and oxygen atoms in total. The lowest BCUT2D eigenvalue weighted by Crippen LogP contribution is -2.28. The van der Waals surface area contributed by atoms with Gasteiger partial charge in [0.15, 0.2) is 11.5 Å². The summed E-state index contributed by atoms with van der Waals surface area (Å²) in [4.78, 5) is 25.3. The zero-order valence-corrected chi connectivity index (χ0v) is 14.6. The van der Waals surface area contributed by atoms with Crippen LogP contribution >= 0.6 is 11.6 Å². The van der Waals surface area contributed by atoms with Gasteiger partial charge in [-0.05, 0) is 24.3 Å². The van der Waals surface area contributed by atoms with E-state index in [0.29, 0.717) is 22.1 Å². The number of methoxy groups -OCH3 is 2. The number of carbonyl (C=O) groups excluding carboxylic acids is 2. The van der Waals surface area contributed by atoms with Crippen molar-refractivity contribution in [2.45, 2.75) is 6.42 Å². The molecule has 4 unspecified atom stereocenters. The van der Waals surface area contributed by atoms with Gasteiger partial charge in [0.05, 0.1) is 32.3 Å². The maximum atomic E-state index is 12.6. The summed E-state index contributed by atoms with van der Waals surface area (Å²) in [6.45, 7) is 0. The van der Waals surface area contributed by atoms with Crippen molar-refractivity contribution >= 4 is 29.6 Å². The Morgan fingerprint density at radius 1 is 1.12 bits per heavy atom. The van der Waals surface area contributed by atoms with Crippen LogP contribution in [-0.4, -0.2) is 37.3 Å². The monoisotopic (exact) mass is 360 g/mol. The number of amides is 2. The van der Waals surface area contributed by atoms with Gasteiger partial charge < -0.3 is 9.47 Å². The van der Waals surface area contributed by atoms with Gasteiger partial charge in [-0.25, -0.2) is 0 Å². The third-order valence-corrected chi connectivity index (χ3v) is 5.45. The Balaban J connectivity index is 1.64. The molecule has 4 atom stereocenters. The molecule has 2 fully saturated rings. The number of carbonyl (C=O) groups is 2. The van der Waals surface area contributed by atoms with Gasteiger partial charge in [0, 0.05) is 16.7 Å². The Kier molecular flexibility index (Phi) is 3.80. The molecule has 1 saturated carbocycles. The van der Waals surface area contributed by atoms with Crippen LogP contribution in [0, 0.1) is 23.7 Å². The average Bonchev–Trinajstić information content (AvgIpc) is 3.27. The predicted octanol–water partition coefficient (Wildman–Crippen LogP) is 2.50. The number of allylic oxidation sites excluding steroid dienone is 2. The zero-order valence-electron chi connectivity index (χ0n) is 13.8. The number of imide groups is 1. The summed E-state index contributed by atoms with van der Waals surface area (Å²) in [6.07, 6.45) is 6.41. The molecule has 2 amide bonds. The molecule has 130 valence electrons. The molecule has 0 radical (unpaired) electrons. The molecule has 1 aliphatic heterocycles. The van der Waals surface area contributed by atoms with Gasteiger partial charge in [0.25, 0.3) is 11.8 Å². The summed E-state index contributed by atoms with van der Waals surface area (Å²) >= 11 is 6.08. The van der Waals surface area contributed by atoms with Crippen molar-refractivity contribution in [3.05, 3.63) is 34.9 Å². The van der Waals surface area contributed by atoms with Gasteiger partial charge in [-0.15, -0.1) is 0 Å². The van der Waals surface area contributed by atoms with Crippen molar-refractivity contribution in [2.24, 2.45) is 28.8 Å². The molecule has 3 aliphatic rings. The second kappa shape index (κ2) is 5.88. The van der Waals surface area contributed by atoms with E-state index < -0.39 is 0 Å². The molecule has 0 aromatic heterocycles. The number of hydrogen-bond acceptors (Lipinski definition) is 5. The van der Waals surface area contributed by atoms with Crippen molar-refractivity contribution in [2.75, 3.05) is 14.2 Å². The predicted molar refractivity (Wildman–Crippen MR) is 91.7 cm³/mol. The SMILES string of the molecule is COc1cc(Cl)cc(C=NN2C(=O)C3C4C=CC(C4)C3C2=O)c1OC. The number of hydrazone groups is 1. The highest BCUT2D eigenvalue weighted by atomic mass is 35.5. The van der Waals surface area contributed by atoms with E-state index in [-0.39, 0.29) is 35.5 Å². The molecule has 2 bridgehead atoms. The van der Waals surface area contributed by atoms with Crippen LogP contribution in [0.25, 0.3) is 0 Å². The van der Waals surface area contributed by atoms with Crippen LogP contribution in [0.5, 0.6) is 11.5 Å². The molecule has 0 N–H and O–H groups in total. The van der Waals surface area contributed by atoms with Crippen LogP contribution in [0.4, 0.5) is 0 Å². The number of fused-ring (bicyclic) bond motifs is 5. The first-order valence-electron chi connectivity index (χ1n) is 8.06. The van der Waals surface area contributed by atoms with E-state index in [9.17, 15) is 9.59 Å². The van der Waals surface area contributed by atoms with E-state index in [1.807, 2.05) is 0 Å². The maximum Gasteiger partial charge on any atom is 0.254 e. The summed E-state index contributed by atoms with van der Waals surface area (Å²) in [6, 6.07) is 3.27. The molecular weight excluding hydrogens is 344 g/mol. The number of ether oxygens (including phenoxy) is 2. The quantitative estimate of drug-likeness (QED) is 0.470. The van der Waals surface area contributed by atoms with Gasteiger partial charge in [-0.1, -0.05) is 23.8 Å². The van der Waals surface area contributed by atoms with E-state index in [4.69, 9.17) is 21.1 Å². The van der Waals surface area contributed by atoms with Crippen LogP contribution in [-0.2, 0) is 9.59 Å². The molecule has 1 aromatic carbocycles. The van der Waals surface area contributed by atoms with Crippen molar-refractivity contribution in [3.63, 3.8) is 0 Å². The van der Waals surface area contributed by atoms with Gasteiger partial charge in [0.2, 0.25) is 0 Å². The number of nitrogens with zero attached hydrogens (tertiary/aromatic N) is 2. The van der Waals surface area contributed by atoms with Crippen LogP contribution in [0.15, 0.2) is 29.4 Å². The minimum atomic E-state index is -0.268. The molecule has 2 aliphatic carbocycles. The fourth-order valence-corrected chi connectivity index (χ4v) is 4.39. The summed E-state index contributed by atoms with van der Waals surface area (Å²) in [7, 11) is 3.01. The lowest BCUT2D eigenvalue weighted by molar-refractivity contribution is -0.140. The molecule has 1 heterocycles. The minimum Gasteiger partial charge on any atom is -0.493 e. The topological polar surface area (TPSA) is 68.2 Å². The molecular formula is C18H17ClN2O4. The lowest BCUT2D eigenvalue weighted by atomic mass is 9.85. The molecule has 7 heteroatoms. The second-order valence-electron chi connectivity index (χ2n) is 6.46. The first-order chi connectivity index (χ1) is 12.0. The van der Waals surface area contributed by atoms with Crippen LogP contribution in [0.2, 0.25) is 5.02 Å². The second-order valence-corrected chi connectivity index (χ2v) is 6.90. The lowest BCUT2D eigenvalue weighted by Gasteiger charge is -2.13. The van der Waals surface area contributed by atoms with Gasteiger partial charge in [0.1, 0.15) is 0 Å². The average molecular weight is 361 g/mol. The summed E-state index contributed by atoms with van der Waals surface area (Å²) in [5.74, 6) is 0.226. The molecule has 4 rings (SSSR count). The van der Waals surface area contributed by atoms with E-state index in [1.165, 1.54) is 20.4 Å². The van der Waals surface area contributed by atoms with Gasteiger partial charge in [-0.3, -0.25) is 9.59 Å². The first-order valence-corrected chi connectivity index (χ1v) is 8.44. The highest BCUT2D eigenvalue weighted by Gasteiger charge is 2.59. The number of hydrogen-bond donors (Lipinski definition) is 0.